The normalized spacial score (nSPS) is 22.8. The van der Waals surface area contributed by atoms with E-state index in [1.807, 2.05) is 43.3 Å². The molecular formula is C21H27NO3SSi. The molecule has 1 saturated heterocycles. The second-order valence-electron chi connectivity index (χ2n) is 8.05. The minimum Gasteiger partial charge on any atom is -0.496 e. The number of benzene rings is 2. The predicted molar refractivity (Wildman–Crippen MR) is 112 cm³/mol. The van der Waals surface area contributed by atoms with Crippen LogP contribution in [0.3, 0.4) is 0 Å². The SMILES string of the molecule is COc1ccccc1[C@H]1[C@@H](/C=C/[Si](C)(C)C)N1S(=O)(=O)c1ccc(C)cc1. The van der Waals surface area contributed by atoms with Gasteiger partial charge in [-0.15, -0.1) is 0 Å². The lowest BCUT2D eigenvalue weighted by molar-refractivity contribution is 0.408. The number of nitrogens with zero attached hydrogens (tertiary/aromatic N) is 1. The number of sulfonamides is 1. The second-order valence-corrected chi connectivity index (χ2v) is 15.0. The highest BCUT2D eigenvalue weighted by Crippen LogP contribution is 2.50. The maximum atomic E-state index is 13.3. The summed E-state index contributed by atoms with van der Waals surface area (Å²) in [4.78, 5) is 0.330. The number of methoxy groups -OCH3 is 1. The molecule has 3 rings (SSSR count). The zero-order chi connectivity index (χ0) is 19.8. The molecule has 1 unspecified atom stereocenters. The van der Waals surface area contributed by atoms with Crippen molar-refractivity contribution in [3.8, 4) is 5.75 Å². The molecule has 1 aliphatic heterocycles. The highest BCUT2D eigenvalue weighted by Gasteiger charge is 2.55. The van der Waals surface area contributed by atoms with Crippen LogP contribution in [0.15, 0.2) is 65.2 Å². The Bertz CT molecular complexity index is 946. The van der Waals surface area contributed by atoms with Gasteiger partial charge in [0.05, 0.1) is 32.2 Å². The topological polar surface area (TPSA) is 46.4 Å². The molecule has 0 N–H and O–H groups in total. The van der Waals surface area contributed by atoms with E-state index in [0.29, 0.717) is 4.90 Å². The van der Waals surface area contributed by atoms with Crippen LogP contribution in [0.2, 0.25) is 19.6 Å². The van der Waals surface area contributed by atoms with E-state index in [1.165, 1.54) is 0 Å². The van der Waals surface area contributed by atoms with Crippen molar-refractivity contribution in [2.75, 3.05) is 7.11 Å². The Labute approximate surface area is 163 Å². The summed E-state index contributed by atoms with van der Waals surface area (Å²) in [5.74, 6) is 0.718. The fourth-order valence-electron chi connectivity index (χ4n) is 3.18. The van der Waals surface area contributed by atoms with Crippen molar-refractivity contribution in [1.82, 2.24) is 4.31 Å². The third-order valence-electron chi connectivity index (χ3n) is 4.65. The van der Waals surface area contributed by atoms with Crippen molar-refractivity contribution < 1.29 is 13.2 Å². The zero-order valence-corrected chi connectivity index (χ0v) is 18.3. The zero-order valence-electron chi connectivity index (χ0n) is 16.5. The molecule has 6 heteroatoms. The average Bonchev–Trinajstić information content (AvgIpc) is 3.35. The summed E-state index contributed by atoms with van der Waals surface area (Å²) < 4.78 is 33.6. The van der Waals surface area contributed by atoms with E-state index in [2.05, 4.69) is 31.4 Å². The first kappa shape index (κ1) is 19.9. The molecule has 0 spiro atoms. The Kier molecular flexibility index (Phi) is 5.34. The summed E-state index contributed by atoms with van der Waals surface area (Å²) >= 11 is 0. The molecule has 0 aliphatic carbocycles. The minimum absolute atomic E-state index is 0.181. The van der Waals surface area contributed by atoms with Gasteiger partial charge in [-0.25, -0.2) is 8.42 Å². The Morgan fingerprint density at radius 3 is 2.26 bits per heavy atom. The molecule has 0 saturated carbocycles. The predicted octanol–water partition coefficient (Wildman–Crippen LogP) is 4.55. The Morgan fingerprint density at radius 1 is 1.04 bits per heavy atom. The van der Waals surface area contributed by atoms with Gasteiger partial charge in [0, 0.05) is 5.56 Å². The monoisotopic (exact) mass is 401 g/mol. The molecule has 2 aromatic rings. The molecule has 0 amide bonds. The first-order valence-corrected chi connectivity index (χ1v) is 14.1. The molecule has 1 aliphatic rings. The molecule has 1 fully saturated rings. The number of hydrogen-bond acceptors (Lipinski definition) is 3. The van der Waals surface area contributed by atoms with Gasteiger partial charge in [0.2, 0.25) is 10.0 Å². The van der Waals surface area contributed by atoms with Crippen LogP contribution in [0.25, 0.3) is 0 Å². The third-order valence-corrected chi connectivity index (χ3v) is 7.74. The fourth-order valence-corrected chi connectivity index (χ4v) is 5.67. The molecule has 0 radical (unpaired) electrons. The Balaban J connectivity index is 2.02. The van der Waals surface area contributed by atoms with Crippen molar-refractivity contribution in [3.05, 3.63) is 71.4 Å². The van der Waals surface area contributed by atoms with Crippen LogP contribution >= 0.6 is 0 Å². The summed E-state index contributed by atoms with van der Waals surface area (Å²) in [5.41, 5.74) is 4.15. The van der Waals surface area contributed by atoms with E-state index < -0.39 is 18.1 Å². The standard InChI is InChI=1S/C21H27NO3SSi/c1-16-10-12-17(13-11-16)26(23,24)22-19(14-15-27(3,4)5)21(22)18-8-6-7-9-20(18)25-2/h6-15,19,21H,1-5H3/b15-14+/t19-,21+,22?/m1/s1. The van der Waals surface area contributed by atoms with Crippen molar-refractivity contribution in [3.63, 3.8) is 0 Å². The third kappa shape index (κ3) is 4.18. The molecule has 27 heavy (non-hydrogen) atoms. The van der Waals surface area contributed by atoms with Gasteiger partial charge >= 0.3 is 0 Å². The maximum Gasteiger partial charge on any atom is 0.244 e. The Morgan fingerprint density at radius 2 is 1.67 bits per heavy atom. The molecule has 4 nitrogen and oxygen atoms in total. The minimum atomic E-state index is -3.58. The smallest absolute Gasteiger partial charge is 0.244 e. The lowest BCUT2D eigenvalue weighted by Crippen LogP contribution is -2.17. The van der Waals surface area contributed by atoms with Crippen molar-refractivity contribution >= 4 is 18.1 Å². The fraction of sp³-hybridized carbons (Fsp3) is 0.333. The van der Waals surface area contributed by atoms with E-state index in [4.69, 9.17) is 4.74 Å². The van der Waals surface area contributed by atoms with E-state index in [9.17, 15) is 8.42 Å². The summed E-state index contributed by atoms with van der Waals surface area (Å²) in [5, 5.41) is 0. The van der Waals surface area contributed by atoms with E-state index >= 15 is 0 Å². The summed E-state index contributed by atoms with van der Waals surface area (Å²) in [6.07, 6.45) is 2.06. The second kappa shape index (κ2) is 7.26. The van der Waals surface area contributed by atoms with E-state index in [0.717, 1.165) is 16.9 Å². The quantitative estimate of drug-likeness (QED) is 0.527. The van der Waals surface area contributed by atoms with Crippen LogP contribution in [0.4, 0.5) is 0 Å². The molecule has 3 atom stereocenters. The van der Waals surface area contributed by atoms with Gasteiger partial charge in [-0.2, -0.15) is 4.31 Å². The molecular weight excluding hydrogens is 374 g/mol. The first-order valence-electron chi connectivity index (χ1n) is 9.07. The van der Waals surface area contributed by atoms with Gasteiger partial charge in [0.1, 0.15) is 5.75 Å². The van der Waals surface area contributed by atoms with Gasteiger partial charge in [-0.3, -0.25) is 0 Å². The Hall–Kier alpha value is -1.89. The maximum absolute atomic E-state index is 13.3. The summed E-state index contributed by atoms with van der Waals surface area (Å²) in [7, 11) is -3.40. The van der Waals surface area contributed by atoms with Crippen molar-refractivity contribution in [1.29, 1.82) is 0 Å². The van der Waals surface area contributed by atoms with Gasteiger partial charge < -0.3 is 4.74 Å². The van der Waals surface area contributed by atoms with Crippen LogP contribution in [0.1, 0.15) is 17.2 Å². The van der Waals surface area contributed by atoms with Crippen LogP contribution in [-0.4, -0.2) is 33.9 Å². The first-order chi connectivity index (χ1) is 12.6. The van der Waals surface area contributed by atoms with Crippen molar-refractivity contribution in [2.45, 2.75) is 43.5 Å². The lowest BCUT2D eigenvalue weighted by Gasteiger charge is -2.09. The van der Waals surface area contributed by atoms with Crippen LogP contribution < -0.4 is 4.74 Å². The number of aryl methyl sites for hydroxylation is 1. The van der Waals surface area contributed by atoms with Gasteiger partial charge in [-0.1, -0.05) is 67.3 Å². The summed E-state index contributed by atoms with van der Waals surface area (Å²) in [6.45, 7) is 8.67. The van der Waals surface area contributed by atoms with Crippen LogP contribution in [-0.2, 0) is 10.0 Å². The van der Waals surface area contributed by atoms with Crippen molar-refractivity contribution in [2.24, 2.45) is 0 Å². The average molecular weight is 402 g/mol. The largest absolute Gasteiger partial charge is 0.496 e. The molecule has 144 valence electrons. The number of para-hydroxylation sites is 1. The highest BCUT2D eigenvalue weighted by molar-refractivity contribution is 7.89. The number of rotatable bonds is 6. The van der Waals surface area contributed by atoms with E-state index in [-0.39, 0.29) is 12.1 Å². The molecule has 1 heterocycles. The number of hydrogen-bond donors (Lipinski definition) is 0. The van der Waals surface area contributed by atoms with E-state index in [1.54, 1.807) is 23.5 Å². The summed E-state index contributed by atoms with van der Waals surface area (Å²) in [6, 6.07) is 14.3. The molecule has 0 aromatic heterocycles. The molecule has 0 bridgehead atoms. The molecule has 2 aromatic carbocycles. The van der Waals surface area contributed by atoms with Gasteiger partial charge in [0.15, 0.2) is 0 Å². The lowest BCUT2D eigenvalue weighted by atomic mass is 10.1. The number of ether oxygens (including phenoxy) is 1. The highest BCUT2D eigenvalue weighted by atomic mass is 32.2. The van der Waals surface area contributed by atoms with Crippen LogP contribution in [0, 0.1) is 6.92 Å². The van der Waals surface area contributed by atoms with Crippen LogP contribution in [0.5, 0.6) is 5.75 Å². The van der Waals surface area contributed by atoms with Gasteiger partial charge in [-0.05, 0) is 25.1 Å². The van der Waals surface area contributed by atoms with Gasteiger partial charge in [0.25, 0.3) is 0 Å².